The number of rotatable bonds is 3. The van der Waals surface area contributed by atoms with Gasteiger partial charge in [-0.05, 0) is 24.6 Å². The van der Waals surface area contributed by atoms with Crippen LogP contribution in [0.1, 0.15) is 17.3 Å². The van der Waals surface area contributed by atoms with E-state index in [4.69, 9.17) is 4.74 Å². The maximum absolute atomic E-state index is 11.3. The molecule has 0 amide bonds. The minimum atomic E-state index is -0.536. The van der Waals surface area contributed by atoms with Crippen molar-refractivity contribution in [1.29, 1.82) is 0 Å². The molecule has 0 aliphatic heterocycles. The quantitative estimate of drug-likeness (QED) is 0.589. The molecule has 0 saturated heterocycles. The molecule has 0 fully saturated rings. The standard InChI is InChI=1S/C11H12O3/c1-8(2)7-14-11(13)9-5-3-4-6-10(9)12/h3-6,12H,1,7H2,2H3. The number of aromatic hydroxyl groups is 1. The van der Waals surface area contributed by atoms with Crippen LogP contribution in [0.3, 0.4) is 0 Å². The highest BCUT2D eigenvalue weighted by Crippen LogP contribution is 2.16. The van der Waals surface area contributed by atoms with E-state index in [9.17, 15) is 9.90 Å². The monoisotopic (exact) mass is 192 g/mol. The molecule has 0 radical (unpaired) electrons. The van der Waals surface area contributed by atoms with Crippen molar-refractivity contribution in [3.8, 4) is 5.75 Å². The summed E-state index contributed by atoms with van der Waals surface area (Å²) in [4.78, 5) is 11.3. The highest BCUT2D eigenvalue weighted by atomic mass is 16.5. The molecular formula is C11H12O3. The van der Waals surface area contributed by atoms with Crippen LogP contribution in [0.15, 0.2) is 36.4 Å². The third kappa shape index (κ3) is 2.62. The largest absolute Gasteiger partial charge is 0.507 e. The number of phenolic OH excluding ortho intramolecular Hbond substituents is 1. The predicted molar refractivity (Wildman–Crippen MR) is 53.2 cm³/mol. The number of carbonyl (C=O) groups excluding carboxylic acids is 1. The van der Waals surface area contributed by atoms with Crippen LogP contribution in [0.4, 0.5) is 0 Å². The van der Waals surface area contributed by atoms with Gasteiger partial charge in [0.05, 0.1) is 0 Å². The van der Waals surface area contributed by atoms with E-state index >= 15 is 0 Å². The van der Waals surface area contributed by atoms with Gasteiger partial charge in [-0.2, -0.15) is 0 Å². The molecule has 0 bridgehead atoms. The topological polar surface area (TPSA) is 46.5 Å². The summed E-state index contributed by atoms with van der Waals surface area (Å²) in [6.07, 6.45) is 0. The number of benzene rings is 1. The van der Waals surface area contributed by atoms with Crippen LogP contribution in [-0.4, -0.2) is 17.7 Å². The lowest BCUT2D eigenvalue weighted by Crippen LogP contribution is -2.06. The fourth-order valence-corrected chi connectivity index (χ4v) is 0.913. The average molecular weight is 192 g/mol. The highest BCUT2D eigenvalue weighted by molar-refractivity contribution is 5.92. The minimum Gasteiger partial charge on any atom is -0.507 e. The molecule has 0 unspecified atom stereocenters. The number of ether oxygens (including phenoxy) is 1. The van der Waals surface area contributed by atoms with Crippen molar-refractivity contribution in [1.82, 2.24) is 0 Å². The van der Waals surface area contributed by atoms with Crippen molar-refractivity contribution in [2.24, 2.45) is 0 Å². The van der Waals surface area contributed by atoms with Crippen molar-refractivity contribution in [2.75, 3.05) is 6.61 Å². The Balaban J connectivity index is 2.70. The Morgan fingerprint density at radius 2 is 2.14 bits per heavy atom. The molecule has 0 aliphatic carbocycles. The van der Waals surface area contributed by atoms with Crippen LogP contribution < -0.4 is 0 Å². The van der Waals surface area contributed by atoms with Crippen molar-refractivity contribution in [2.45, 2.75) is 6.92 Å². The van der Waals surface area contributed by atoms with Gasteiger partial charge in [0.1, 0.15) is 17.9 Å². The van der Waals surface area contributed by atoms with E-state index < -0.39 is 5.97 Å². The van der Waals surface area contributed by atoms with Crippen LogP contribution in [-0.2, 0) is 4.74 Å². The van der Waals surface area contributed by atoms with Crippen LogP contribution in [0.25, 0.3) is 0 Å². The molecule has 74 valence electrons. The van der Waals surface area contributed by atoms with E-state index in [0.29, 0.717) is 0 Å². The number of hydrogen-bond acceptors (Lipinski definition) is 3. The maximum Gasteiger partial charge on any atom is 0.342 e. The van der Waals surface area contributed by atoms with E-state index in [1.807, 2.05) is 0 Å². The van der Waals surface area contributed by atoms with E-state index in [1.165, 1.54) is 12.1 Å². The zero-order valence-corrected chi connectivity index (χ0v) is 7.99. The molecule has 1 aromatic carbocycles. The summed E-state index contributed by atoms with van der Waals surface area (Å²) in [5, 5.41) is 9.32. The smallest absolute Gasteiger partial charge is 0.342 e. The first-order chi connectivity index (χ1) is 6.61. The minimum absolute atomic E-state index is 0.0702. The van der Waals surface area contributed by atoms with Crippen molar-refractivity contribution in [3.63, 3.8) is 0 Å². The van der Waals surface area contributed by atoms with Gasteiger partial charge in [-0.1, -0.05) is 18.7 Å². The van der Waals surface area contributed by atoms with E-state index in [-0.39, 0.29) is 17.9 Å². The average Bonchev–Trinajstić information content (AvgIpc) is 2.15. The van der Waals surface area contributed by atoms with Gasteiger partial charge in [0.2, 0.25) is 0 Å². The Kier molecular flexibility index (Phi) is 3.29. The number of phenols is 1. The molecule has 3 nitrogen and oxygen atoms in total. The van der Waals surface area contributed by atoms with Gasteiger partial charge in [-0.15, -0.1) is 0 Å². The second-order valence-electron chi connectivity index (χ2n) is 3.05. The molecule has 0 spiro atoms. The first kappa shape index (κ1) is 10.3. The van der Waals surface area contributed by atoms with Crippen LogP contribution in [0, 0.1) is 0 Å². The zero-order valence-electron chi connectivity index (χ0n) is 7.99. The maximum atomic E-state index is 11.3. The summed E-state index contributed by atoms with van der Waals surface area (Å²) < 4.78 is 4.87. The van der Waals surface area contributed by atoms with Gasteiger partial charge in [0, 0.05) is 0 Å². The normalized spacial score (nSPS) is 9.50. The summed E-state index contributed by atoms with van der Waals surface area (Å²) in [5.74, 6) is -0.606. The van der Waals surface area contributed by atoms with Gasteiger partial charge in [0.15, 0.2) is 0 Å². The van der Waals surface area contributed by atoms with Crippen molar-refractivity contribution >= 4 is 5.97 Å². The summed E-state index contributed by atoms with van der Waals surface area (Å²) in [6.45, 7) is 5.54. The van der Waals surface area contributed by atoms with E-state index in [2.05, 4.69) is 6.58 Å². The van der Waals surface area contributed by atoms with Crippen LogP contribution in [0.2, 0.25) is 0 Å². The molecule has 0 aliphatic rings. The first-order valence-electron chi connectivity index (χ1n) is 4.20. The number of carbonyl (C=O) groups is 1. The summed E-state index contributed by atoms with van der Waals surface area (Å²) in [7, 11) is 0. The number of hydrogen-bond donors (Lipinski definition) is 1. The Morgan fingerprint density at radius 3 is 2.71 bits per heavy atom. The Labute approximate surface area is 82.6 Å². The van der Waals surface area contributed by atoms with Gasteiger partial charge in [-0.3, -0.25) is 0 Å². The predicted octanol–water partition coefficient (Wildman–Crippen LogP) is 2.13. The molecule has 1 N–H and O–H groups in total. The Morgan fingerprint density at radius 1 is 1.50 bits per heavy atom. The second-order valence-corrected chi connectivity index (χ2v) is 3.05. The third-order valence-corrected chi connectivity index (χ3v) is 1.57. The van der Waals surface area contributed by atoms with Crippen molar-refractivity contribution in [3.05, 3.63) is 42.0 Å². The fraction of sp³-hybridized carbons (Fsp3) is 0.182. The van der Waals surface area contributed by atoms with Gasteiger partial charge in [-0.25, -0.2) is 4.79 Å². The second kappa shape index (κ2) is 4.46. The molecule has 1 aromatic rings. The molecular weight excluding hydrogens is 180 g/mol. The third-order valence-electron chi connectivity index (χ3n) is 1.57. The molecule has 0 atom stereocenters. The van der Waals surface area contributed by atoms with Crippen LogP contribution >= 0.6 is 0 Å². The van der Waals surface area contributed by atoms with Crippen molar-refractivity contribution < 1.29 is 14.6 Å². The SMILES string of the molecule is C=C(C)COC(=O)c1ccccc1O. The molecule has 0 heterocycles. The molecule has 1 rings (SSSR count). The molecule has 3 heteroatoms. The Hall–Kier alpha value is -1.77. The number of para-hydroxylation sites is 1. The van der Waals surface area contributed by atoms with Gasteiger partial charge < -0.3 is 9.84 Å². The molecule has 14 heavy (non-hydrogen) atoms. The van der Waals surface area contributed by atoms with Crippen LogP contribution in [0.5, 0.6) is 5.75 Å². The molecule has 0 saturated carbocycles. The fourth-order valence-electron chi connectivity index (χ4n) is 0.913. The van der Waals surface area contributed by atoms with Gasteiger partial charge in [0.25, 0.3) is 0 Å². The lowest BCUT2D eigenvalue weighted by Gasteiger charge is -2.05. The first-order valence-corrected chi connectivity index (χ1v) is 4.20. The number of esters is 1. The lowest BCUT2D eigenvalue weighted by molar-refractivity contribution is 0.0537. The summed E-state index contributed by atoms with van der Waals surface area (Å²) >= 11 is 0. The molecule has 0 aromatic heterocycles. The van der Waals surface area contributed by atoms with E-state index in [1.54, 1.807) is 19.1 Å². The van der Waals surface area contributed by atoms with E-state index in [0.717, 1.165) is 5.57 Å². The Bertz CT molecular complexity index is 355. The summed E-state index contributed by atoms with van der Waals surface area (Å²) in [5.41, 5.74) is 0.933. The zero-order chi connectivity index (χ0) is 10.6. The van der Waals surface area contributed by atoms with Gasteiger partial charge >= 0.3 is 5.97 Å². The highest BCUT2D eigenvalue weighted by Gasteiger charge is 2.10. The lowest BCUT2D eigenvalue weighted by atomic mass is 10.2. The summed E-state index contributed by atoms with van der Waals surface area (Å²) in [6, 6.07) is 6.26.